The minimum Gasteiger partial charge on any atom is -0.493 e. The van der Waals surface area contributed by atoms with Crippen LogP contribution in [0.1, 0.15) is 36.8 Å². The van der Waals surface area contributed by atoms with E-state index in [1.54, 1.807) is 14.2 Å². The van der Waals surface area contributed by atoms with E-state index in [1.165, 1.54) is 24.0 Å². The van der Waals surface area contributed by atoms with Gasteiger partial charge in [-0.2, -0.15) is 0 Å². The molecule has 1 saturated carbocycles. The molecule has 2 N–H and O–H groups in total. The molecule has 0 bridgehead atoms. The van der Waals surface area contributed by atoms with Crippen LogP contribution in [0.3, 0.4) is 0 Å². The number of ether oxygens (including phenoxy) is 2. The van der Waals surface area contributed by atoms with Crippen LogP contribution in [0.25, 0.3) is 0 Å². The number of nitrogens with one attached hydrogen (secondary N) is 1. The number of rotatable bonds is 2. The summed E-state index contributed by atoms with van der Waals surface area (Å²) in [5.41, 5.74) is 2.35. The first kappa shape index (κ1) is 16.4. The summed E-state index contributed by atoms with van der Waals surface area (Å²) in [5.74, 6) is 1.52. The van der Waals surface area contributed by atoms with Gasteiger partial charge >= 0.3 is 0 Å². The van der Waals surface area contributed by atoms with E-state index >= 15 is 0 Å². The lowest BCUT2D eigenvalue weighted by atomic mass is 9.73. The van der Waals surface area contributed by atoms with Gasteiger partial charge < -0.3 is 19.9 Å². The molecule has 5 heteroatoms. The second kappa shape index (κ2) is 6.42. The highest BCUT2D eigenvalue weighted by Gasteiger charge is 2.44. The number of aliphatic hydroxyl groups excluding tert-OH is 1. The summed E-state index contributed by atoms with van der Waals surface area (Å²) in [7, 11) is 3.32. The summed E-state index contributed by atoms with van der Waals surface area (Å²) >= 11 is 0. The van der Waals surface area contributed by atoms with Crippen molar-refractivity contribution in [3.05, 3.63) is 23.3 Å². The molecule has 1 unspecified atom stereocenters. The van der Waals surface area contributed by atoms with E-state index in [-0.39, 0.29) is 23.9 Å². The molecule has 1 spiro atoms. The minimum absolute atomic E-state index is 0. The third kappa shape index (κ3) is 2.60. The molecule has 1 fully saturated rings. The van der Waals surface area contributed by atoms with E-state index in [1.807, 2.05) is 0 Å². The molecule has 0 aromatic heterocycles. The third-order valence-electron chi connectivity index (χ3n) is 4.93. The van der Waals surface area contributed by atoms with E-state index in [0.29, 0.717) is 6.54 Å². The van der Waals surface area contributed by atoms with Gasteiger partial charge in [0.25, 0.3) is 0 Å². The van der Waals surface area contributed by atoms with Crippen molar-refractivity contribution in [2.45, 2.75) is 43.7 Å². The van der Waals surface area contributed by atoms with Crippen molar-refractivity contribution in [1.82, 2.24) is 5.32 Å². The van der Waals surface area contributed by atoms with Crippen LogP contribution in [0.2, 0.25) is 0 Å². The maximum absolute atomic E-state index is 10.6. The molecule has 1 atom stereocenters. The molecular formula is C16H24ClNO3. The van der Waals surface area contributed by atoms with Crippen LogP contribution >= 0.6 is 12.4 Å². The first-order valence-electron chi connectivity index (χ1n) is 7.35. The number of hydrogen-bond donors (Lipinski definition) is 2. The van der Waals surface area contributed by atoms with Crippen LogP contribution in [0.4, 0.5) is 0 Å². The van der Waals surface area contributed by atoms with E-state index in [0.717, 1.165) is 30.9 Å². The highest BCUT2D eigenvalue weighted by molar-refractivity contribution is 5.85. The molecule has 0 amide bonds. The second-order valence-corrected chi connectivity index (χ2v) is 5.87. The Hall–Kier alpha value is -0.970. The number of benzene rings is 1. The minimum atomic E-state index is -0.329. The van der Waals surface area contributed by atoms with E-state index in [2.05, 4.69) is 17.4 Å². The molecule has 4 nitrogen and oxygen atoms in total. The highest BCUT2D eigenvalue weighted by Crippen LogP contribution is 2.48. The molecular weight excluding hydrogens is 290 g/mol. The molecule has 1 heterocycles. The Kier molecular flexibility index (Phi) is 5.02. The first-order chi connectivity index (χ1) is 9.71. The van der Waals surface area contributed by atoms with Gasteiger partial charge in [-0.15, -0.1) is 12.4 Å². The Balaban J connectivity index is 0.00000161. The first-order valence-corrected chi connectivity index (χ1v) is 7.35. The van der Waals surface area contributed by atoms with Crippen LogP contribution in [-0.2, 0) is 12.0 Å². The Morgan fingerprint density at radius 2 is 1.76 bits per heavy atom. The molecule has 1 aliphatic carbocycles. The second-order valence-electron chi connectivity index (χ2n) is 5.87. The normalized spacial score (nSPS) is 23.1. The standard InChI is InChI=1S/C16H23NO3.ClH/c1-19-13-7-11-9-17-10-15(18)16(5-3-4-6-16)12(11)8-14(13)20-2;/h7-8,15,17-18H,3-6,9-10H2,1-2H3;1H. The van der Waals surface area contributed by atoms with Gasteiger partial charge in [-0.3, -0.25) is 0 Å². The zero-order chi connectivity index (χ0) is 14.2. The summed E-state index contributed by atoms with van der Waals surface area (Å²) in [6.45, 7) is 1.42. The average Bonchev–Trinajstić information content (AvgIpc) is 2.92. The summed E-state index contributed by atoms with van der Waals surface area (Å²) < 4.78 is 10.9. The van der Waals surface area contributed by atoms with Crippen molar-refractivity contribution in [2.24, 2.45) is 0 Å². The van der Waals surface area contributed by atoms with Gasteiger partial charge in [-0.25, -0.2) is 0 Å². The molecule has 0 saturated heterocycles. The predicted molar refractivity (Wildman–Crippen MR) is 84.7 cm³/mol. The largest absolute Gasteiger partial charge is 0.493 e. The van der Waals surface area contributed by atoms with Crippen molar-refractivity contribution < 1.29 is 14.6 Å². The molecule has 3 rings (SSSR count). The molecule has 21 heavy (non-hydrogen) atoms. The van der Waals surface area contributed by atoms with Gasteiger partial charge in [0.15, 0.2) is 11.5 Å². The van der Waals surface area contributed by atoms with Gasteiger partial charge in [0.05, 0.1) is 20.3 Å². The van der Waals surface area contributed by atoms with Crippen molar-refractivity contribution >= 4 is 12.4 Å². The quantitative estimate of drug-likeness (QED) is 0.880. The van der Waals surface area contributed by atoms with Crippen molar-refractivity contribution in [3.8, 4) is 11.5 Å². The lowest BCUT2D eigenvalue weighted by Gasteiger charge is -2.34. The van der Waals surface area contributed by atoms with E-state index in [4.69, 9.17) is 9.47 Å². The zero-order valence-corrected chi connectivity index (χ0v) is 13.5. The Labute approximate surface area is 132 Å². The number of aliphatic hydroxyl groups is 1. The number of halogens is 1. The Morgan fingerprint density at radius 1 is 1.14 bits per heavy atom. The number of fused-ring (bicyclic) bond motifs is 2. The van der Waals surface area contributed by atoms with Gasteiger partial charge in [-0.05, 0) is 36.1 Å². The van der Waals surface area contributed by atoms with Crippen LogP contribution in [0, 0.1) is 0 Å². The third-order valence-corrected chi connectivity index (χ3v) is 4.93. The van der Waals surface area contributed by atoms with Crippen molar-refractivity contribution in [2.75, 3.05) is 20.8 Å². The van der Waals surface area contributed by atoms with E-state index in [9.17, 15) is 5.11 Å². The fraction of sp³-hybridized carbons (Fsp3) is 0.625. The molecule has 1 aliphatic heterocycles. The smallest absolute Gasteiger partial charge is 0.161 e. The lowest BCUT2D eigenvalue weighted by molar-refractivity contribution is 0.0854. The number of methoxy groups -OCH3 is 2. The molecule has 0 radical (unpaired) electrons. The van der Waals surface area contributed by atoms with Crippen LogP contribution < -0.4 is 14.8 Å². The van der Waals surface area contributed by atoms with Gasteiger partial charge in [0, 0.05) is 18.5 Å². The fourth-order valence-corrected chi connectivity index (χ4v) is 3.86. The van der Waals surface area contributed by atoms with Crippen LogP contribution in [0.5, 0.6) is 11.5 Å². The van der Waals surface area contributed by atoms with Gasteiger partial charge in [0.2, 0.25) is 0 Å². The molecule has 2 aliphatic rings. The maximum Gasteiger partial charge on any atom is 0.161 e. The van der Waals surface area contributed by atoms with Gasteiger partial charge in [-0.1, -0.05) is 12.8 Å². The fourth-order valence-electron chi connectivity index (χ4n) is 3.86. The summed E-state index contributed by atoms with van der Waals surface area (Å²) in [6, 6.07) is 4.13. The van der Waals surface area contributed by atoms with Crippen molar-refractivity contribution in [3.63, 3.8) is 0 Å². The average molecular weight is 314 g/mol. The highest BCUT2D eigenvalue weighted by atomic mass is 35.5. The predicted octanol–water partition coefficient (Wildman–Crippen LogP) is 2.40. The Bertz CT molecular complexity index is 501. The van der Waals surface area contributed by atoms with Crippen molar-refractivity contribution in [1.29, 1.82) is 0 Å². The SMILES string of the molecule is COc1cc2c(cc1OC)C1(CCCC1)C(O)CNC2.Cl. The monoisotopic (exact) mass is 313 g/mol. The van der Waals surface area contributed by atoms with Crippen LogP contribution in [0.15, 0.2) is 12.1 Å². The summed E-state index contributed by atoms with van der Waals surface area (Å²) in [5, 5.41) is 14.0. The van der Waals surface area contributed by atoms with Gasteiger partial charge in [0.1, 0.15) is 0 Å². The molecule has 118 valence electrons. The van der Waals surface area contributed by atoms with Crippen LogP contribution in [-0.4, -0.2) is 32.0 Å². The summed E-state index contributed by atoms with van der Waals surface area (Å²) in [4.78, 5) is 0. The molecule has 1 aromatic rings. The Morgan fingerprint density at radius 3 is 2.38 bits per heavy atom. The topological polar surface area (TPSA) is 50.7 Å². The summed E-state index contributed by atoms with van der Waals surface area (Å²) in [6.07, 6.45) is 4.15. The number of hydrogen-bond acceptors (Lipinski definition) is 4. The number of β-amino-alcohol motifs (C(OH)–C–C–N with tert-alkyl or cyclic N) is 1. The zero-order valence-electron chi connectivity index (χ0n) is 12.6. The maximum atomic E-state index is 10.6. The molecule has 1 aromatic carbocycles. The lowest BCUT2D eigenvalue weighted by Crippen LogP contribution is -2.41. The van der Waals surface area contributed by atoms with E-state index < -0.39 is 0 Å².